The molecule has 0 bridgehead atoms. The lowest BCUT2D eigenvalue weighted by Crippen LogP contribution is -2.28. The zero-order valence-electron chi connectivity index (χ0n) is 10.2. The Balaban J connectivity index is 2.21. The summed E-state index contributed by atoms with van der Waals surface area (Å²) < 4.78 is 30.0. The van der Waals surface area contributed by atoms with Crippen molar-refractivity contribution in [3.63, 3.8) is 0 Å². The maximum Gasteiger partial charge on any atom is 0.305 e. The van der Waals surface area contributed by atoms with Crippen molar-refractivity contribution in [2.75, 3.05) is 19.4 Å². The number of nitrogens with one attached hydrogen (secondary N) is 2. The molecule has 2 N–H and O–H groups in total. The minimum atomic E-state index is -3.33. The van der Waals surface area contributed by atoms with E-state index in [9.17, 15) is 13.2 Å². The number of H-pyrrole nitrogens is 1. The number of ether oxygens (including phenoxy) is 1. The number of methoxy groups -OCH3 is 1. The first-order valence-electron chi connectivity index (χ1n) is 5.55. The second kappa shape index (κ2) is 7.12. The number of nitrogens with zero attached hydrogens (tertiary/aromatic N) is 1. The average molecular weight is 275 g/mol. The van der Waals surface area contributed by atoms with E-state index in [1.165, 1.54) is 7.11 Å². The quantitative estimate of drug-likeness (QED) is 0.641. The molecular formula is C10H17N3O4S. The number of carbonyl (C=O) groups excluding carboxylic acids is 1. The van der Waals surface area contributed by atoms with Gasteiger partial charge in [-0.05, 0) is 6.42 Å². The lowest BCUT2D eigenvalue weighted by Gasteiger charge is -2.05. The number of sulfonamides is 1. The van der Waals surface area contributed by atoms with Crippen molar-refractivity contribution in [1.29, 1.82) is 0 Å². The maximum absolute atomic E-state index is 11.5. The van der Waals surface area contributed by atoms with Crippen LogP contribution in [0, 0.1) is 0 Å². The van der Waals surface area contributed by atoms with Gasteiger partial charge in [0.2, 0.25) is 10.0 Å². The molecule has 0 unspecified atom stereocenters. The Hall–Kier alpha value is -1.41. The summed E-state index contributed by atoms with van der Waals surface area (Å²) in [6.45, 7) is 0.308. The standard InChI is InChI=1S/C10H17N3O4S/c1-17-10(14)3-2-6-18(15,16)13-5-4-9-7-11-8-12-9/h7-8,13H,2-6H2,1H3,(H,11,12). The molecule has 0 aliphatic carbocycles. The van der Waals surface area contributed by atoms with Crippen molar-refractivity contribution in [2.45, 2.75) is 19.3 Å². The van der Waals surface area contributed by atoms with Gasteiger partial charge in [-0.1, -0.05) is 0 Å². The normalized spacial score (nSPS) is 11.4. The highest BCUT2D eigenvalue weighted by Gasteiger charge is 2.11. The predicted octanol–water partition coefficient (Wildman–Crippen LogP) is -0.175. The fourth-order valence-corrected chi connectivity index (χ4v) is 2.43. The Morgan fingerprint density at radius 1 is 1.56 bits per heavy atom. The van der Waals surface area contributed by atoms with Crippen LogP contribution in [0.5, 0.6) is 0 Å². The van der Waals surface area contributed by atoms with Crippen LogP contribution in [-0.4, -0.2) is 43.8 Å². The SMILES string of the molecule is COC(=O)CCCS(=O)(=O)NCCc1cnc[nH]1. The van der Waals surface area contributed by atoms with Gasteiger partial charge in [0.25, 0.3) is 0 Å². The summed E-state index contributed by atoms with van der Waals surface area (Å²) in [7, 11) is -2.05. The molecule has 0 saturated heterocycles. The smallest absolute Gasteiger partial charge is 0.305 e. The number of carbonyl (C=O) groups is 1. The minimum Gasteiger partial charge on any atom is -0.469 e. The number of hydrogen-bond donors (Lipinski definition) is 2. The number of hydrogen-bond acceptors (Lipinski definition) is 5. The summed E-state index contributed by atoms with van der Waals surface area (Å²) in [5, 5.41) is 0. The van der Waals surface area contributed by atoms with Crippen LogP contribution < -0.4 is 4.72 Å². The van der Waals surface area contributed by atoms with Crippen LogP contribution in [-0.2, 0) is 26.0 Å². The van der Waals surface area contributed by atoms with Crippen molar-refractivity contribution in [3.8, 4) is 0 Å². The first-order valence-corrected chi connectivity index (χ1v) is 7.20. The number of aromatic amines is 1. The number of esters is 1. The molecule has 102 valence electrons. The van der Waals surface area contributed by atoms with Crippen molar-refractivity contribution >= 4 is 16.0 Å². The van der Waals surface area contributed by atoms with E-state index in [1.807, 2.05) is 0 Å². The maximum atomic E-state index is 11.5. The second-order valence-corrected chi connectivity index (χ2v) is 5.65. The summed E-state index contributed by atoms with van der Waals surface area (Å²) in [6, 6.07) is 0. The molecule has 0 aromatic carbocycles. The molecule has 1 rings (SSSR count). The molecule has 0 fully saturated rings. The van der Waals surface area contributed by atoms with E-state index in [-0.39, 0.29) is 18.6 Å². The van der Waals surface area contributed by atoms with Crippen molar-refractivity contribution in [1.82, 2.24) is 14.7 Å². The van der Waals surface area contributed by atoms with Crippen LogP contribution in [0.4, 0.5) is 0 Å². The first-order chi connectivity index (χ1) is 8.53. The summed E-state index contributed by atoms with van der Waals surface area (Å²) in [5.74, 6) is -0.479. The summed E-state index contributed by atoms with van der Waals surface area (Å²) in [4.78, 5) is 17.5. The van der Waals surface area contributed by atoms with Crippen molar-refractivity contribution < 1.29 is 17.9 Å². The summed E-state index contributed by atoms with van der Waals surface area (Å²) >= 11 is 0. The lowest BCUT2D eigenvalue weighted by atomic mass is 10.3. The van der Waals surface area contributed by atoms with Gasteiger partial charge < -0.3 is 9.72 Å². The molecule has 0 aliphatic rings. The van der Waals surface area contributed by atoms with Gasteiger partial charge in [-0.2, -0.15) is 0 Å². The van der Waals surface area contributed by atoms with Gasteiger partial charge >= 0.3 is 5.97 Å². The van der Waals surface area contributed by atoms with Gasteiger partial charge in [0.05, 0.1) is 19.2 Å². The van der Waals surface area contributed by atoms with Crippen molar-refractivity contribution in [2.24, 2.45) is 0 Å². The van der Waals surface area contributed by atoms with Crippen LogP contribution in [0.25, 0.3) is 0 Å². The molecule has 1 heterocycles. The molecule has 0 saturated carbocycles. The van der Waals surface area contributed by atoms with E-state index in [0.29, 0.717) is 13.0 Å². The van der Waals surface area contributed by atoms with Gasteiger partial charge in [0, 0.05) is 31.3 Å². The first kappa shape index (κ1) is 14.7. The van der Waals surface area contributed by atoms with Gasteiger partial charge in [0.15, 0.2) is 0 Å². The Morgan fingerprint density at radius 2 is 2.33 bits per heavy atom. The molecule has 0 spiro atoms. The van der Waals surface area contributed by atoms with Crippen LogP contribution in [0.1, 0.15) is 18.5 Å². The second-order valence-electron chi connectivity index (χ2n) is 3.72. The minimum absolute atomic E-state index is 0.0783. The molecule has 18 heavy (non-hydrogen) atoms. The summed E-state index contributed by atoms with van der Waals surface area (Å²) in [6.07, 6.45) is 4.10. The zero-order chi connectivity index (χ0) is 13.4. The van der Waals surface area contributed by atoms with Crippen molar-refractivity contribution in [3.05, 3.63) is 18.2 Å². The van der Waals surface area contributed by atoms with Crippen LogP contribution in [0.15, 0.2) is 12.5 Å². The Kier molecular flexibility index (Phi) is 5.79. The Labute approximate surface area is 106 Å². The molecule has 8 heteroatoms. The molecule has 0 aliphatic heterocycles. The third-order valence-electron chi connectivity index (χ3n) is 2.29. The highest BCUT2D eigenvalue weighted by atomic mass is 32.2. The van der Waals surface area contributed by atoms with Gasteiger partial charge in [0.1, 0.15) is 0 Å². The lowest BCUT2D eigenvalue weighted by molar-refractivity contribution is -0.140. The monoisotopic (exact) mass is 275 g/mol. The molecular weight excluding hydrogens is 258 g/mol. The molecule has 1 aromatic rings. The summed E-state index contributed by atoms with van der Waals surface area (Å²) in [5.41, 5.74) is 0.868. The topological polar surface area (TPSA) is 101 Å². The number of aromatic nitrogens is 2. The molecule has 0 amide bonds. The average Bonchev–Trinajstić information content (AvgIpc) is 2.81. The fraction of sp³-hybridized carbons (Fsp3) is 0.600. The van der Waals surface area contributed by atoms with Gasteiger partial charge in [-0.15, -0.1) is 0 Å². The van der Waals surface area contributed by atoms with Gasteiger partial charge in [-0.3, -0.25) is 4.79 Å². The van der Waals surface area contributed by atoms with E-state index in [4.69, 9.17) is 0 Å². The molecule has 7 nitrogen and oxygen atoms in total. The van der Waals surface area contributed by atoms with E-state index in [0.717, 1.165) is 5.69 Å². The molecule has 0 atom stereocenters. The predicted molar refractivity (Wildman–Crippen MR) is 65.3 cm³/mol. The highest BCUT2D eigenvalue weighted by molar-refractivity contribution is 7.89. The third kappa shape index (κ3) is 5.78. The van der Waals surface area contributed by atoms with Crippen LogP contribution >= 0.6 is 0 Å². The van der Waals surface area contributed by atoms with Gasteiger partial charge in [-0.25, -0.2) is 18.1 Å². The largest absolute Gasteiger partial charge is 0.469 e. The highest BCUT2D eigenvalue weighted by Crippen LogP contribution is 1.97. The molecule has 1 aromatic heterocycles. The van der Waals surface area contributed by atoms with Crippen LogP contribution in [0.3, 0.4) is 0 Å². The van der Waals surface area contributed by atoms with E-state index >= 15 is 0 Å². The zero-order valence-corrected chi connectivity index (χ0v) is 11.0. The van der Waals surface area contributed by atoms with Crippen LogP contribution in [0.2, 0.25) is 0 Å². The van der Waals surface area contributed by atoms with E-state index in [2.05, 4.69) is 19.4 Å². The molecule has 0 radical (unpaired) electrons. The fourth-order valence-electron chi connectivity index (χ4n) is 1.34. The van der Waals surface area contributed by atoms with E-state index < -0.39 is 16.0 Å². The number of imidazole rings is 1. The third-order valence-corrected chi connectivity index (χ3v) is 3.76. The Morgan fingerprint density at radius 3 is 2.94 bits per heavy atom. The van der Waals surface area contributed by atoms with E-state index in [1.54, 1.807) is 12.5 Å². The number of rotatable bonds is 8. The Bertz CT molecular complexity index is 455.